The van der Waals surface area contributed by atoms with E-state index in [9.17, 15) is 9.35 Å². The largest absolute Gasteiger partial charge is 0.598 e. The van der Waals surface area contributed by atoms with Gasteiger partial charge < -0.3 is 14.2 Å². The second kappa shape index (κ2) is 10.3. The van der Waals surface area contributed by atoms with Gasteiger partial charge in [0.1, 0.15) is 17.0 Å². The molecule has 0 N–H and O–H groups in total. The third-order valence-electron chi connectivity index (χ3n) is 6.45. The molecule has 0 amide bonds. The molecule has 2 aromatic rings. The molecule has 1 aromatic carbocycles. The minimum absolute atomic E-state index is 0.0385. The van der Waals surface area contributed by atoms with Crippen molar-refractivity contribution >= 4 is 17.0 Å². The summed E-state index contributed by atoms with van der Waals surface area (Å²) in [5.41, 5.74) is 1.25. The Bertz CT molecular complexity index is 944. The van der Waals surface area contributed by atoms with Crippen molar-refractivity contribution < 1.29 is 9.29 Å². The smallest absolute Gasteiger partial charge is 0.316 e. The van der Waals surface area contributed by atoms with Crippen molar-refractivity contribution in [3.63, 3.8) is 0 Å². The predicted molar refractivity (Wildman–Crippen MR) is 129 cm³/mol. The molecule has 1 aromatic heterocycles. The maximum Gasteiger partial charge on any atom is 0.316 e. The van der Waals surface area contributed by atoms with E-state index in [1.54, 1.807) is 6.20 Å². The van der Waals surface area contributed by atoms with Crippen LogP contribution in [0.1, 0.15) is 46.5 Å². The number of benzene rings is 1. The van der Waals surface area contributed by atoms with Crippen molar-refractivity contribution in [2.75, 3.05) is 31.1 Å². The molecule has 8 heteroatoms. The Morgan fingerprint density at radius 1 is 1.09 bits per heavy atom. The third-order valence-corrected chi connectivity index (χ3v) is 8.14. The number of piperazine rings is 1. The fourth-order valence-corrected chi connectivity index (χ4v) is 5.65. The molecule has 1 saturated heterocycles. The van der Waals surface area contributed by atoms with Crippen LogP contribution in [0.15, 0.2) is 41.3 Å². The number of anilines is 1. The Kier molecular flexibility index (Phi) is 7.43. The molecule has 1 saturated carbocycles. The Labute approximate surface area is 193 Å². The first-order chi connectivity index (χ1) is 15.5. The first-order valence-corrected chi connectivity index (χ1v) is 12.9. The molecule has 4 rings (SSSR count). The van der Waals surface area contributed by atoms with Crippen molar-refractivity contribution in [3.05, 3.63) is 46.9 Å². The summed E-state index contributed by atoms with van der Waals surface area (Å²) >= 11 is -0.984. The van der Waals surface area contributed by atoms with Gasteiger partial charge in [-0.05, 0) is 51.2 Å². The van der Waals surface area contributed by atoms with E-state index in [2.05, 4.69) is 16.9 Å². The molecule has 2 aliphatic rings. The summed E-state index contributed by atoms with van der Waals surface area (Å²) in [5.74, 6) is 0.806. The monoisotopic (exact) mass is 458 g/mol. The highest BCUT2D eigenvalue weighted by atomic mass is 32.2. The summed E-state index contributed by atoms with van der Waals surface area (Å²) < 4.78 is 22.4. The fraction of sp³-hybridized carbons (Fsp3) is 0.583. The zero-order chi connectivity index (χ0) is 22.7. The predicted octanol–water partition coefficient (Wildman–Crippen LogP) is 3.38. The van der Waals surface area contributed by atoms with Gasteiger partial charge in [0.25, 0.3) is 0 Å². The van der Waals surface area contributed by atoms with Crippen LogP contribution >= 0.6 is 0 Å². The maximum absolute atomic E-state index is 13.6. The third kappa shape index (κ3) is 4.97. The van der Waals surface area contributed by atoms with Crippen molar-refractivity contribution in [3.8, 4) is 11.4 Å². The molecule has 0 radical (unpaired) electrons. The molecule has 2 heterocycles. The summed E-state index contributed by atoms with van der Waals surface area (Å²) in [5, 5.41) is 4.59. The van der Waals surface area contributed by atoms with Crippen LogP contribution in [-0.4, -0.2) is 56.2 Å². The van der Waals surface area contributed by atoms with Crippen LogP contribution < -0.4 is 15.2 Å². The number of hydrogen-bond acceptors (Lipinski definition) is 6. The van der Waals surface area contributed by atoms with Gasteiger partial charge in [-0.1, -0.05) is 31.5 Å². The number of hydrogen-bond donors (Lipinski definition) is 0. The summed E-state index contributed by atoms with van der Waals surface area (Å²) in [4.78, 5) is 15.7. The summed E-state index contributed by atoms with van der Waals surface area (Å²) in [7, 11) is 0. The molecule has 7 nitrogen and oxygen atoms in total. The van der Waals surface area contributed by atoms with Crippen LogP contribution in [0, 0.1) is 5.92 Å². The second-order valence-corrected chi connectivity index (χ2v) is 11.1. The van der Waals surface area contributed by atoms with E-state index in [1.807, 2.05) is 48.5 Å². The lowest BCUT2D eigenvalue weighted by molar-refractivity contribution is 0.101. The second-order valence-electron chi connectivity index (χ2n) is 9.07. The molecule has 0 bridgehead atoms. The lowest BCUT2D eigenvalue weighted by Gasteiger charge is -2.37. The number of aromatic nitrogens is 2. The van der Waals surface area contributed by atoms with Gasteiger partial charge in [-0.15, -0.1) is 4.31 Å². The zero-order valence-electron chi connectivity index (χ0n) is 19.3. The topological polar surface area (TPSA) is 73.7 Å². The van der Waals surface area contributed by atoms with Crippen LogP contribution in [0.3, 0.4) is 0 Å². The zero-order valence-corrected chi connectivity index (χ0v) is 20.1. The number of para-hydroxylation sites is 1. The van der Waals surface area contributed by atoms with Crippen LogP contribution in [0.2, 0.25) is 0 Å². The average molecular weight is 459 g/mol. The number of ether oxygens (including phenoxy) is 1. The van der Waals surface area contributed by atoms with Crippen molar-refractivity contribution in [2.45, 2.75) is 57.8 Å². The molecule has 0 spiro atoms. The minimum Gasteiger partial charge on any atom is -0.598 e. The van der Waals surface area contributed by atoms with Crippen LogP contribution in [0.4, 0.5) is 5.69 Å². The first kappa shape index (κ1) is 23.1. The van der Waals surface area contributed by atoms with Gasteiger partial charge >= 0.3 is 5.56 Å². The summed E-state index contributed by atoms with van der Waals surface area (Å²) in [6.45, 7) is 8.91. The van der Waals surface area contributed by atoms with E-state index in [-0.39, 0.29) is 16.9 Å². The lowest BCUT2D eigenvalue weighted by atomic mass is 9.88. The first-order valence-electron chi connectivity index (χ1n) is 11.7. The molecule has 1 aliphatic heterocycles. The standard InChI is InChI=1S/C24H34N4O3S/c1-18(2)32(30)27-15-13-26(14-16-27)21-17-25-28(20-10-5-4-6-11-20)24(29)23(21)31-22-12-8-7-9-19(22)3/h4-6,10-11,17-19,22H,7-9,12-16H2,1-3H3/t19-,22+,32-/m1/s1. The van der Waals surface area contributed by atoms with Crippen LogP contribution in [-0.2, 0) is 11.4 Å². The fourth-order valence-electron chi connectivity index (χ4n) is 4.53. The average Bonchev–Trinajstić information content (AvgIpc) is 2.82. The van der Waals surface area contributed by atoms with Crippen LogP contribution in [0.25, 0.3) is 5.69 Å². The van der Waals surface area contributed by atoms with E-state index in [0.717, 1.165) is 30.6 Å². The SMILES string of the molecule is CC(C)[S@@+]([O-])N1CCN(c2cnn(-c3ccccc3)c(=O)c2O[C@H]2CCCC[C@H]2C)CC1. The highest BCUT2D eigenvalue weighted by Crippen LogP contribution is 2.32. The normalized spacial score (nSPS) is 23.3. The van der Waals surface area contributed by atoms with Gasteiger partial charge in [-0.3, -0.25) is 4.79 Å². The summed E-state index contributed by atoms with van der Waals surface area (Å²) in [6, 6.07) is 9.47. The van der Waals surface area contributed by atoms with E-state index in [0.29, 0.717) is 37.8 Å². The van der Waals surface area contributed by atoms with E-state index >= 15 is 0 Å². The maximum atomic E-state index is 13.6. The van der Waals surface area contributed by atoms with Crippen molar-refractivity contribution in [1.29, 1.82) is 0 Å². The van der Waals surface area contributed by atoms with Gasteiger partial charge in [0, 0.05) is 24.5 Å². The minimum atomic E-state index is -0.984. The molecule has 1 aliphatic carbocycles. The van der Waals surface area contributed by atoms with Gasteiger partial charge in [-0.2, -0.15) is 9.78 Å². The Morgan fingerprint density at radius 3 is 2.44 bits per heavy atom. The quantitative estimate of drug-likeness (QED) is 0.618. The van der Waals surface area contributed by atoms with Gasteiger partial charge in [0.15, 0.2) is 0 Å². The molecule has 3 atom stereocenters. The number of nitrogens with zero attached hydrogens (tertiary/aromatic N) is 4. The number of rotatable bonds is 6. The molecule has 2 fully saturated rings. The van der Waals surface area contributed by atoms with Gasteiger partial charge in [0.2, 0.25) is 5.75 Å². The Hall–Kier alpha value is -2.03. The van der Waals surface area contributed by atoms with Gasteiger partial charge in [-0.25, -0.2) is 0 Å². The van der Waals surface area contributed by atoms with Crippen molar-refractivity contribution in [1.82, 2.24) is 14.1 Å². The molecule has 0 unspecified atom stereocenters. The lowest BCUT2D eigenvalue weighted by Crippen LogP contribution is -2.51. The van der Waals surface area contributed by atoms with E-state index in [4.69, 9.17) is 4.74 Å². The molecular formula is C24H34N4O3S. The van der Waals surface area contributed by atoms with Gasteiger partial charge in [0.05, 0.1) is 25.0 Å². The van der Waals surface area contributed by atoms with E-state index < -0.39 is 11.4 Å². The highest BCUT2D eigenvalue weighted by Gasteiger charge is 2.31. The molecule has 174 valence electrons. The Morgan fingerprint density at radius 2 is 1.78 bits per heavy atom. The van der Waals surface area contributed by atoms with Crippen LogP contribution in [0.5, 0.6) is 5.75 Å². The highest BCUT2D eigenvalue weighted by molar-refractivity contribution is 7.89. The van der Waals surface area contributed by atoms with Crippen molar-refractivity contribution in [2.24, 2.45) is 5.92 Å². The summed E-state index contributed by atoms with van der Waals surface area (Å²) in [6.07, 6.45) is 6.23. The molecule has 32 heavy (non-hydrogen) atoms. The molecular weight excluding hydrogens is 424 g/mol. The Balaban J connectivity index is 1.64. The van der Waals surface area contributed by atoms with E-state index in [1.165, 1.54) is 11.1 Å².